The third kappa shape index (κ3) is 3.49. The van der Waals surface area contributed by atoms with E-state index in [9.17, 15) is 4.79 Å². The van der Waals surface area contributed by atoms with E-state index in [0.717, 1.165) is 31.0 Å². The molecular formula is C19H16N4OS2. The van der Waals surface area contributed by atoms with Crippen LogP contribution in [0.4, 0.5) is 0 Å². The number of thioether (sulfide) groups is 1. The molecule has 0 fully saturated rings. The van der Waals surface area contributed by atoms with Gasteiger partial charge in [0.1, 0.15) is 0 Å². The second kappa shape index (κ2) is 7.31. The number of nitrogens with zero attached hydrogens (tertiary/aromatic N) is 2. The first-order chi connectivity index (χ1) is 12.7. The van der Waals surface area contributed by atoms with E-state index in [4.69, 9.17) is 0 Å². The van der Waals surface area contributed by atoms with Gasteiger partial charge in [0, 0.05) is 22.7 Å². The molecule has 2 N–H and O–H groups in total. The third-order valence-electron chi connectivity index (χ3n) is 3.92. The number of H-pyrrole nitrogens is 1. The lowest BCUT2D eigenvalue weighted by Gasteiger charge is -2.06. The lowest BCUT2D eigenvalue weighted by Crippen LogP contribution is -2.26. The average Bonchev–Trinajstić information content (AvgIpc) is 3.25. The second-order valence-corrected chi connectivity index (χ2v) is 8.35. The van der Waals surface area contributed by atoms with Crippen molar-refractivity contribution in [1.82, 2.24) is 15.4 Å². The molecule has 0 aliphatic carbocycles. The maximum absolute atomic E-state index is 12.3. The number of rotatable bonds is 5. The molecule has 0 unspecified atom stereocenters. The van der Waals surface area contributed by atoms with Gasteiger partial charge in [0.05, 0.1) is 21.7 Å². The first-order valence-corrected chi connectivity index (χ1v) is 9.81. The number of hydrazone groups is 1. The van der Waals surface area contributed by atoms with E-state index < -0.39 is 0 Å². The fourth-order valence-corrected chi connectivity index (χ4v) is 4.77. The minimum Gasteiger partial charge on any atom is -0.361 e. The number of carbonyl (C=O) groups is 1. The Morgan fingerprint density at radius 3 is 2.96 bits per heavy atom. The number of benzene rings is 2. The van der Waals surface area contributed by atoms with Crippen molar-refractivity contribution in [3.8, 4) is 0 Å². The molecule has 4 rings (SSSR count). The number of hydrogen-bond acceptors (Lipinski definition) is 5. The minimum absolute atomic E-state index is 0.148. The normalized spacial score (nSPS) is 12.8. The summed E-state index contributed by atoms with van der Waals surface area (Å²) in [6, 6.07) is 15.9. The number of thiazole rings is 1. The first-order valence-electron chi connectivity index (χ1n) is 8.12. The molecule has 5 nitrogen and oxygen atoms in total. The van der Waals surface area contributed by atoms with Crippen LogP contribution >= 0.6 is 23.1 Å². The van der Waals surface area contributed by atoms with Crippen molar-refractivity contribution in [2.45, 2.75) is 16.5 Å². The third-order valence-corrected chi connectivity index (χ3v) is 6.15. The van der Waals surface area contributed by atoms with Gasteiger partial charge in [-0.2, -0.15) is 5.10 Å². The predicted molar refractivity (Wildman–Crippen MR) is 109 cm³/mol. The van der Waals surface area contributed by atoms with Gasteiger partial charge in [0.25, 0.3) is 5.91 Å². The summed E-state index contributed by atoms with van der Waals surface area (Å²) in [5.74, 6) is -0.148. The van der Waals surface area contributed by atoms with Gasteiger partial charge >= 0.3 is 0 Å². The largest absolute Gasteiger partial charge is 0.361 e. The summed E-state index contributed by atoms with van der Waals surface area (Å²) in [4.78, 5) is 20.0. The smallest absolute Gasteiger partial charge is 0.253 e. The highest BCUT2D eigenvalue weighted by Gasteiger charge is 2.16. The second-order valence-electron chi connectivity index (χ2n) is 5.73. The molecule has 26 heavy (non-hydrogen) atoms. The lowest BCUT2D eigenvalue weighted by atomic mass is 10.2. The van der Waals surface area contributed by atoms with Crippen LogP contribution in [0.3, 0.4) is 0 Å². The molecule has 0 aliphatic heterocycles. The number of hydrogen-bond donors (Lipinski definition) is 2. The molecular weight excluding hydrogens is 364 g/mol. The Labute approximate surface area is 158 Å². The number of fused-ring (bicyclic) bond motifs is 2. The standard InChI is InChI=1S/C19H16N4OS2/c1-12(25-19-22-16-8-4-5-9-17(16)26-19)18(24)23-21-11-13-10-20-15-7-3-2-6-14(13)15/h2-12,20H,1H3,(H,23,24)/b21-11-/t12-/m0/s1. The monoisotopic (exact) mass is 380 g/mol. The van der Waals surface area contributed by atoms with E-state index in [1.54, 1.807) is 17.6 Å². The zero-order valence-corrected chi connectivity index (χ0v) is 15.6. The van der Waals surface area contributed by atoms with Crippen LogP contribution in [0.15, 0.2) is 64.2 Å². The molecule has 0 aliphatic rings. The molecule has 0 saturated carbocycles. The lowest BCUT2D eigenvalue weighted by molar-refractivity contribution is -0.120. The summed E-state index contributed by atoms with van der Waals surface area (Å²) in [6.07, 6.45) is 3.53. The van der Waals surface area contributed by atoms with Crippen molar-refractivity contribution >= 4 is 56.3 Å². The molecule has 0 bridgehead atoms. The maximum atomic E-state index is 12.3. The van der Waals surface area contributed by atoms with Gasteiger partial charge in [-0.3, -0.25) is 4.79 Å². The van der Waals surface area contributed by atoms with Gasteiger partial charge in [-0.25, -0.2) is 10.4 Å². The summed E-state index contributed by atoms with van der Waals surface area (Å²) in [7, 11) is 0. The molecule has 2 heterocycles. The number of para-hydroxylation sites is 2. The highest BCUT2D eigenvalue weighted by Crippen LogP contribution is 2.31. The average molecular weight is 380 g/mol. The van der Waals surface area contributed by atoms with Crippen molar-refractivity contribution < 1.29 is 4.79 Å². The molecule has 4 aromatic rings. The van der Waals surface area contributed by atoms with E-state index in [1.807, 2.05) is 61.7 Å². The van der Waals surface area contributed by atoms with Crippen molar-refractivity contribution in [3.63, 3.8) is 0 Å². The molecule has 1 atom stereocenters. The van der Waals surface area contributed by atoms with Crippen LogP contribution in [0.25, 0.3) is 21.1 Å². The van der Waals surface area contributed by atoms with Gasteiger partial charge in [0.2, 0.25) is 0 Å². The highest BCUT2D eigenvalue weighted by atomic mass is 32.2. The van der Waals surface area contributed by atoms with E-state index in [-0.39, 0.29) is 11.2 Å². The summed E-state index contributed by atoms with van der Waals surface area (Å²) in [5, 5.41) is 4.88. The Balaban J connectivity index is 1.39. The molecule has 0 spiro atoms. The Kier molecular flexibility index (Phi) is 4.73. The SMILES string of the molecule is C[C@H](Sc1nc2ccccc2s1)C(=O)N/N=C\c1c[nH]c2ccccc12. The Hall–Kier alpha value is -2.64. The Morgan fingerprint density at radius 2 is 2.08 bits per heavy atom. The van der Waals surface area contributed by atoms with Gasteiger partial charge in [-0.1, -0.05) is 42.1 Å². The highest BCUT2D eigenvalue weighted by molar-refractivity contribution is 8.02. The summed E-state index contributed by atoms with van der Waals surface area (Å²) < 4.78 is 2.01. The number of aromatic nitrogens is 2. The molecule has 1 amide bonds. The van der Waals surface area contributed by atoms with Crippen LogP contribution in [-0.2, 0) is 4.79 Å². The van der Waals surface area contributed by atoms with Gasteiger partial charge in [-0.15, -0.1) is 11.3 Å². The van der Waals surface area contributed by atoms with E-state index in [2.05, 4.69) is 20.5 Å². The topological polar surface area (TPSA) is 70.1 Å². The summed E-state index contributed by atoms with van der Waals surface area (Å²) in [6.45, 7) is 1.85. The summed E-state index contributed by atoms with van der Waals surface area (Å²) >= 11 is 3.04. The van der Waals surface area contributed by atoms with Gasteiger partial charge < -0.3 is 4.98 Å². The summed E-state index contributed by atoms with van der Waals surface area (Å²) in [5.41, 5.74) is 5.55. The number of aromatic amines is 1. The minimum atomic E-state index is -0.282. The zero-order chi connectivity index (χ0) is 17.9. The fraction of sp³-hybridized carbons (Fsp3) is 0.105. The van der Waals surface area contributed by atoms with Crippen molar-refractivity contribution in [2.24, 2.45) is 5.10 Å². The number of nitrogens with one attached hydrogen (secondary N) is 2. The first kappa shape index (κ1) is 16.8. The van der Waals surface area contributed by atoms with E-state index in [1.165, 1.54) is 11.8 Å². The van der Waals surface area contributed by atoms with E-state index >= 15 is 0 Å². The molecule has 7 heteroatoms. The predicted octanol–water partition coefficient (Wildman–Crippen LogP) is 4.41. The van der Waals surface area contributed by atoms with E-state index in [0.29, 0.717) is 0 Å². The quantitative estimate of drug-likeness (QED) is 0.306. The van der Waals surface area contributed by atoms with Crippen LogP contribution in [0, 0.1) is 0 Å². The van der Waals surface area contributed by atoms with Crippen LogP contribution in [-0.4, -0.2) is 27.3 Å². The molecule has 130 valence electrons. The molecule has 2 aromatic carbocycles. The van der Waals surface area contributed by atoms with Crippen LogP contribution in [0.5, 0.6) is 0 Å². The van der Waals surface area contributed by atoms with Crippen molar-refractivity contribution in [1.29, 1.82) is 0 Å². The molecule has 0 radical (unpaired) electrons. The zero-order valence-electron chi connectivity index (χ0n) is 14.0. The number of carbonyl (C=O) groups excluding carboxylic acids is 1. The Morgan fingerprint density at radius 1 is 1.27 bits per heavy atom. The molecule has 0 saturated heterocycles. The van der Waals surface area contributed by atoms with Crippen molar-refractivity contribution in [2.75, 3.05) is 0 Å². The van der Waals surface area contributed by atoms with Gasteiger partial charge in [0.15, 0.2) is 4.34 Å². The van der Waals surface area contributed by atoms with Gasteiger partial charge in [-0.05, 0) is 25.1 Å². The van der Waals surface area contributed by atoms with Crippen LogP contribution in [0.1, 0.15) is 12.5 Å². The Bertz CT molecular complexity index is 1070. The fourth-order valence-electron chi connectivity index (χ4n) is 2.56. The maximum Gasteiger partial charge on any atom is 0.253 e. The van der Waals surface area contributed by atoms with Crippen LogP contribution < -0.4 is 5.43 Å². The number of amides is 1. The molecule has 2 aromatic heterocycles. The van der Waals surface area contributed by atoms with Crippen LogP contribution in [0.2, 0.25) is 0 Å². The van der Waals surface area contributed by atoms with Crippen molar-refractivity contribution in [3.05, 3.63) is 60.3 Å².